The van der Waals surface area contributed by atoms with Gasteiger partial charge in [-0.2, -0.15) is 0 Å². The first-order valence-electron chi connectivity index (χ1n) is 13.2. The number of nitrogens with zero attached hydrogens (tertiary/aromatic N) is 2. The molecule has 0 bridgehead atoms. The molecule has 2 heterocycles. The summed E-state index contributed by atoms with van der Waals surface area (Å²) in [5.41, 5.74) is 4.42. The van der Waals surface area contributed by atoms with Crippen molar-refractivity contribution >= 4 is 11.6 Å². The Hall–Kier alpha value is -3.18. The molecule has 5 rings (SSSR count). The molecule has 36 heavy (non-hydrogen) atoms. The molecule has 1 unspecified atom stereocenters. The minimum absolute atomic E-state index is 0.172. The van der Waals surface area contributed by atoms with E-state index >= 15 is 0 Å². The second-order valence-corrected chi connectivity index (χ2v) is 10.3. The number of rotatable bonds is 8. The molecular formula is C31H36FN3O. The molecule has 2 aliphatic rings. The molecule has 1 amide bonds. The Morgan fingerprint density at radius 2 is 1.53 bits per heavy atom. The zero-order valence-electron chi connectivity index (χ0n) is 21.1. The molecule has 0 radical (unpaired) electrons. The number of halogens is 1. The number of piperidine rings is 1. The van der Waals surface area contributed by atoms with Gasteiger partial charge >= 0.3 is 0 Å². The van der Waals surface area contributed by atoms with Crippen LogP contribution in [0.3, 0.4) is 0 Å². The van der Waals surface area contributed by atoms with Crippen molar-refractivity contribution in [1.82, 2.24) is 10.2 Å². The number of para-hydroxylation sites is 1. The molecule has 188 valence electrons. The monoisotopic (exact) mass is 485 g/mol. The standard InChI is InChI=1S/C31H36FN3O/c1-24-10-12-25(13-11-24)29(26-14-16-27(32)17-15-26)9-5-6-20-34-21-18-31(19-22-34)30(36)33-23-35(31)28-7-3-2-4-8-28/h2-4,7-8,10-17,29H,5-6,9,18-23H2,1H3,(H,33,36). The Kier molecular flexibility index (Phi) is 7.38. The Balaban J connectivity index is 1.16. The third kappa shape index (κ3) is 5.17. The van der Waals surface area contributed by atoms with Crippen LogP contribution in [0.15, 0.2) is 78.9 Å². The Labute approximate surface area is 214 Å². The van der Waals surface area contributed by atoms with Gasteiger partial charge in [0.15, 0.2) is 0 Å². The lowest BCUT2D eigenvalue weighted by molar-refractivity contribution is -0.125. The van der Waals surface area contributed by atoms with Crippen LogP contribution in [0.25, 0.3) is 0 Å². The van der Waals surface area contributed by atoms with E-state index in [0.717, 1.165) is 57.4 Å². The highest BCUT2D eigenvalue weighted by Crippen LogP contribution is 2.36. The van der Waals surface area contributed by atoms with Gasteiger partial charge in [-0.3, -0.25) is 4.79 Å². The van der Waals surface area contributed by atoms with E-state index in [1.807, 2.05) is 30.3 Å². The molecule has 0 aromatic heterocycles. The smallest absolute Gasteiger partial charge is 0.247 e. The van der Waals surface area contributed by atoms with Crippen molar-refractivity contribution in [2.24, 2.45) is 0 Å². The second-order valence-electron chi connectivity index (χ2n) is 10.3. The van der Waals surface area contributed by atoms with Gasteiger partial charge in [-0.05, 0) is 74.5 Å². The highest BCUT2D eigenvalue weighted by atomic mass is 19.1. The molecule has 3 aromatic rings. The van der Waals surface area contributed by atoms with E-state index in [4.69, 9.17) is 0 Å². The van der Waals surface area contributed by atoms with Crippen LogP contribution in [0.4, 0.5) is 10.1 Å². The van der Waals surface area contributed by atoms with Gasteiger partial charge in [-0.15, -0.1) is 0 Å². The van der Waals surface area contributed by atoms with E-state index in [0.29, 0.717) is 6.67 Å². The maximum absolute atomic E-state index is 13.5. The third-order valence-electron chi connectivity index (χ3n) is 8.06. The van der Waals surface area contributed by atoms with Crippen LogP contribution in [-0.2, 0) is 4.79 Å². The fourth-order valence-electron chi connectivity index (χ4n) is 5.88. The number of aryl methyl sites for hydroxylation is 1. The van der Waals surface area contributed by atoms with Crippen molar-refractivity contribution in [3.05, 3.63) is 101 Å². The van der Waals surface area contributed by atoms with Crippen LogP contribution in [0.5, 0.6) is 0 Å². The molecule has 5 heteroatoms. The molecule has 3 aromatic carbocycles. The first-order chi connectivity index (χ1) is 17.5. The van der Waals surface area contributed by atoms with Gasteiger partial charge in [0, 0.05) is 24.7 Å². The van der Waals surface area contributed by atoms with E-state index < -0.39 is 5.54 Å². The normalized spacial score (nSPS) is 18.4. The van der Waals surface area contributed by atoms with Gasteiger partial charge in [-0.1, -0.05) is 66.6 Å². The van der Waals surface area contributed by atoms with Crippen LogP contribution < -0.4 is 10.2 Å². The van der Waals surface area contributed by atoms with Crippen molar-refractivity contribution in [1.29, 1.82) is 0 Å². The second kappa shape index (κ2) is 10.8. The Morgan fingerprint density at radius 1 is 0.889 bits per heavy atom. The highest BCUT2D eigenvalue weighted by Gasteiger charge is 2.50. The maximum Gasteiger partial charge on any atom is 0.247 e. The minimum atomic E-state index is -0.420. The number of nitrogens with one attached hydrogen (secondary N) is 1. The number of hydrogen-bond acceptors (Lipinski definition) is 3. The molecule has 2 aliphatic heterocycles. The number of carbonyl (C=O) groups is 1. The number of carbonyl (C=O) groups excluding carboxylic acids is 1. The van der Waals surface area contributed by atoms with Gasteiger partial charge in [0.05, 0.1) is 6.67 Å². The topological polar surface area (TPSA) is 35.6 Å². The summed E-state index contributed by atoms with van der Waals surface area (Å²) in [6.07, 6.45) is 4.97. The van der Waals surface area contributed by atoms with Crippen LogP contribution in [0, 0.1) is 12.7 Å². The lowest BCUT2D eigenvalue weighted by atomic mass is 9.85. The first-order valence-corrected chi connectivity index (χ1v) is 13.2. The molecule has 2 fully saturated rings. The summed E-state index contributed by atoms with van der Waals surface area (Å²) in [6.45, 7) is 5.62. The average Bonchev–Trinajstić information content (AvgIpc) is 3.22. The van der Waals surface area contributed by atoms with Crippen molar-refractivity contribution in [3.8, 4) is 0 Å². The van der Waals surface area contributed by atoms with E-state index in [2.05, 4.69) is 58.4 Å². The van der Waals surface area contributed by atoms with E-state index in [1.54, 1.807) is 12.1 Å². The van der Waals surface area contributed by atoms with Gasteiger partial charge in [-0.25, -0.2) is 4.39 Å². The summed E-state index contributed by atoms with van der Waals surface area (Å²) in [6, 6.07) is 26.0. The van der Waals surface area contributed by atoms with Crippen LogP contribution >= 0.6 is 0 Å². The predicted octanol–water partition coefficient (Wildman–Crippen LogP) is 5.86. The van der Waals surface area contributed by atoms with Gasteiger partial charge in [0.2, 0.25) is 5.91 Å². The van der Waals surface area contributed by atoms with Gasteiger partial charge in [0.25, 0.3) is 0 Å². The van der Waals surface area contributed by atoms with Crippen LogP contribution in [0.1, 0.15) is 54.7 Å². The van der Waals surface area contributed by atoms with Crippen LogP contribution in [-0.4, -0.2) is 42.6 Å². The Bertz CT molecular complexity index is 1090. The van der Waals surface area contributed by atoms with Gasteiger partial charge < -0.3 is 15.1 Å². The molecular weight excluding hydrogens is 449 g/mol. The maximum atomic E-state index is 13.5. The fraction of sp³-hybridized carbons (Fsp3) is 0.387. The number of unbranched alkanes of at least 4 members (excludes halogenated alkanes) is 1. The predicted molar refractivity (Wildman–Crippen MR) is 144 cm³/mol. The molecule has 0 saturated carbocycles. The van der Waals surface area contributed by atoms with E-state index in [9.17, 15) is 9.18 Å². The third-order valence-corrected chi connectivity index (χ3v) is 8.06. The fourth-order valence-corrected chi connectivity index (χ4v) is 5.88. The van der Waals surface area contributed by atoms with Gasteiger partial charge in [0.1, 0.15) is 11.4 Å². The average molecular weight is 486 g/mol. The SMILES string of the molecule is Cc1ccc(C(CCCCN2CCC3(CC2)C(=O)NCN3c2ccccc2)c2ccc(F)cc2)cc1. The number of amides is 1. The Morgan fingerprint density at radius 3 is 2.19 bits per heavy atom. The number of likely N-dealkylation sites (tertiary alicyclic amines) is 1. The number of anilines is 1. The summed E-state index contributed by atoms with van der Waals surface area (Å²) in [5, 5.41) is 3.09. The van der Waals surface area contributed by atoms with Crippen molar-refractivity contribution < 1.29 is 9.18 Å². The summed E-state index contributed by atoms with van der Waals surface area (Å²) in [7, 11) is 0. The molecule has 1 spiro atoms. The van der Waals surface area contributed by atoms with Crippen molar-refractivity contribution in [3.63, 3.8) is 0 Å². The zero-order valence-corrected chi connectivity index (χ0v) is 21.1. The summed E-state index contributed by atoms with van der Waals surface area (Å²) in [5.74, 6) is 0.259. The quantitative estimate of drug-likeness (QED) is 0.406. The summed E-state index contributed by atoms with van der Waals surface area (Å²) < 4.78 is 13.5. The van der Waals surface area contributed by atoms with Crippen molar-refractivity contribution in [2.45, 2.75) is 50.5 Å². The summed E-state index contributed by atoms with van der Waals surface area (Å²) in [4.78, 5) is 17.7. The molecule has 1 atom stereocenters. The van der Waals surface area contributed by atoms with Crippen molar-refractivity contribution in [2.75, 3.05) is 31.2 Å². The van der Waals surface area contributed by atoms with Crippen LogP contribution in [0.2, 0.25) is 0 Å². The summed E-state index contributed by atoms with van der Waals surface area (Å²) >= 11 is 0. The number of hydrogen-bond donors (Lipinski definition) is 1. The molecule has 1 N–H and O–H groups in total. The lowest BCUT2D eigenvalue weighted by Crippen LogP contribution is -2.56. The number of benzene rings is 3. The lowest BCUT2D eigenvalue weighted by Gasteiger charge is -2.43. The molecule has 0 aliphatic carbocycles. The molecule has 4 nitrogen and oxygen atoms in total. The first kappa shape index (κ1) is 24.5. The highest BCUT2D eigenvalue weighted by molar-refractivity contribution is 5.93. The minimum Gasteiger partial charge on any atom is -0.339 e. The van der Waals surface area contributed by atoms with E-state index in [-0.39, 0.29) is 17.6 Å². The van der Waals surface area contributed by atoms with E-state index in [1.165, 1.54) is 16.7 Å². The zero-order chi connectivity index (χ0) is 25.0. The molecule has 2 saturated heterocycles. The largest absolute Gasteiger partial charge is 0.339 e.